The highest BCUT2D eigenvalue weighted by molar-refractivity contribution is 8.00. The highest BCUT2D eigenvalue weighted by atomic mass is 32.2. The molecule has 0 spiro atoms. The molecule has 0 radical (unpaired) electrons. The first kappa shape index (κ1) is 22.7. The quantitative estimate of drug-likeness (QED) is 0.247. The Hall–Kier alpha value is -4.09. The van der Waals surface area contributed by atoms with Crippen LogP contribution in [0.4, 0.5) is 11.4 Å². The minimum Gasteiger partial charge on any atom is -0.332 e. The molecule has 1 atom stereocenters. The number of carbonyl (C=O) groups excluding carboxylic acids is 1. The van der Waals surface area contributed by atoms with Gasteiger partial charge in [-0.3, -0.25) is 9.69 Å². The number of carbonyl (C=O) groups is 1. The largest absolute Gasteiger partial charge is 0.332 e. The number of aromatic amines is 1. The lowest BCUT2D eigenvalue weighted by Gasteiger charge is -2.25. The van der Waals surface area contributed by atoms with Crippen LogP contribution in [0.3, 0.4) is 0 Å². The molecule has 1 N–H and O–H groups in total. The number of hydrogen-bond donors (Lipinski definition) is 1. The standard InChI is InChI=1S/C30H25N3OS/c1-22(29(34)33(25-18-10-4-11-19-25)26-20-12-5-13-21-26)35-30-31-27(23-14-6-2-7-15-23)28(32-30)24-16-8-3-9-17-24/h2-22H,1H3,(H,31,32). The average molecular weight is 476 g/mol. The Morgan fingerprint density at radius 3 is 1.69 bits per heavy atom. The van der Waals surface area contributed by atoms with Crippen molar-refractivity contribution in [3.63, 3.8) is 0 Å². The van der Waals surface area contributed by atoms with Crippen molar-refractivity contribution in [2.24, 2.45) is 0 Å². The van der Waals surface area contributed by atoms with E-state index in [4.69, 9.17) is 4.98 Å². The van der Waals surface area contributed by atoms with Crippen LogP contribution in [0, 0.1) is 0 Å². The van der Waals surface area contributed by atoms with Crippen LogP contribution in [-0.2, 0) is 4.79 Å². The van der Waals surface area contributed by atoms with Crippen molar-refractivity contribution in [3.8, 4) is 22.5 Å². The average Bonchev–Trinajstić information content (AvgIpc) is 3.35. The number of hydrogen-bond acceptors (Lipinski definition) is 3. The number of amides is 1. The third kappa shape index (κ3) is 5.05. The Bertz CT molecular complexity index is 1290. The summed E-state index contributed by atoms with van der Waals surface area (Å²) in [6, 6.07) is 39.8. The molecule has 1 unspecified atom stereocenters. The van der Waals surface area contributed by atoms with E-state index in [1.165, 1.54) is 11.8 Å². The van der Waals surface area contributed by atoms with Gasteiger partial charge in [-0.05, 0) is 31.2 Å². The second-order valence-corrected chi connectivity index (χ2v) is 9.43. The Kier molecular flexibility index (Phi) is 6.77. The van der Waals surface area contributed by atoms with E-state index in [-0.39, 0.29) is 11.2 Å². The Labute approximate surface area is 209 Å². The molecule has 1 amide bonds. The monoisotopic (exact) mass is 475 g/mol. The molecule has 172 valence electrons. The van der Waals surface area contributed by atoms with Gasteiger partial charge < -0.3 is 4.98 Å². The van der Waals surface area contributed by atoms with E-state index in [1.54, 1.807) is 4.90 Å². The number of H-pyrrole nitrogens is 1. The Balaban J connectivity index is 1.47. The Morgan fingerprint density at radius 1 is 0.714 bits per heavy atom. The van der Waals surface area contributed by atoms with Gasteiger partial charge in [0.25, 0.3) is 0 Å². The van der Waals surface area contributed by atoms with Crippen molar-refractivity contribution in [3.05, 3.63) is 121 Å². The molecular weight excluding hydrogens is 450 g/mol. The number of rotatable bonds is 7. The molecule has 0 saturated heterocycles. The summed E-state index contributed by atoms with van der Waals surface area (Å²) in [5, 5.41) is 0.346. The van der Waals surface area contributed by atoms with Gasteiger partial charge in [-0.1, -0.05) is 109 Å². The number of para-hydroxylation sites is 2. The fraction of sp³-hybridized carbons (Fsp3) is 0.0667. The lowest BCUT2D eigenvalue weighted by Crippen LogP contribution is -2.32. The van der Waals surface area contributed by atoms with Gasteiger partial charge in [-0.15, -0.1) is 0 Å². The minimum atomic E-state index is -0.367. The molecule has 5 rings (SSSR count). The number of benzene rings is 4. The summed E-state index contributed by atoms with van der Waals surface area (Å²) in [5.41, 5.74) is 5.59. The van der Waals surface area contributed by atoms with Gasteiger partial charge in [0.2, 0.25) is 5.91 Å². The zero-order chi connectivity index (χ0) is 24.0. The van der Waals surface area contributed by atoms with E-state index in [1.807, 2.05) is 104 Å². The normalized spacial score (nSPS) is 11.7. The molecule has 1 heterocycles. The zero-order valence-electron chi connectivity index (χ0n) is 19.3. The minimum absolute atomic E-state index is 0.00803. The van der Waals surface area contributed by atoms with E-state index in [0.29, 0.717) is 5.16 Å². The van der Waals surface area contributed by atoms with Crippen molar-refractivity contribution >= 4 is 29.0 Å². The molecule has 0 aliphatic heterocycles. The molecule has 0 bridgehead atoms. The van der Waals surface area contributed by atoms with Crippen LogP contribution in [0.1, 0.15) is 6.92 Å². The first-order valence-corrected chi connectivity index (χ1v) is 12.4. The SMILES string of the molecule is CC(Sc1nc(-c2ccccc2)c(-c2ccccc2)[nH]1)C(=O)N(c1ccccc1)c1ccccc1. The number of nitrogens with zero attached hydrogens (tertiary/aromatic N) is 2. The van der Waals surface area contributed by atoms with Crippen LogP contribution in [0.2, 0.25) is 0 Å². The third-order valence-corrected chi connectivity index (χ3v) is 6.65. The fourth-order valence-corrected chi connectivity index (χ4v) is 4.83. The maximum atomic E-state index is 13.7. The molecule has 0 fully saturated rings. The van der Waals surface area contributed by atoms with E-state index in [2.05, 4.69) is 29.2 Å². The van der Waals surface area contributed by atoms with Crippen LogP contribution >= 0.6 is 11.8 Å². The second-order valence-electron chi connectivity index (χ2n) is 8.10. The molecule has 4 nitrogen and oxygen atoms in total. The predicted molar refractivity (Wildman–Crippen MR) is 145 cm³/mol. The first-order chi connectivity index (χ1) is 17.2. The molecule has 5 aromatic rings. The van der Waals surface area contributed by atoms with Gasteiger partial charge in [0.1, 0.15) is 0 Å². The molecule has 0 aliphatic carbocycles. The molecule has 0 saturated carbocycles. The zero-order valence-corrected chi connectivity index (χ0v) is 20.2. The van der Waals surface area contributed by atoms with Gasteiger partial charge in [-0.25, -0.2) is 4.98 Å². The summed E-state index contributed by atoms with van der Waals surface area (Å²) in [6.07, 6.45) is 0. The number of imidazole rings is 1. The molecule has 5 heteroatoms. The molecular formula is C30H25N3OS. The summed E-state index contributed by atoms with van der Waals surface area (Å²) in [7, 11) is 0. The topological polar surface area (TPSA) is 49.0 Å². The third-order valence-electron chi connectivity index (χ3n) is 5.68. The van der Waals surface area contributed by atoms with E-state index in [0.717, 1.165) is 33.9 Å². The van der Waals surface area contributed by atoms with Crippen molar-refractivity contribution in [2.75, 3.05) is 4.90 Å². The highest BCUT2D eigenvalue weighted by Crippen LogP contribution is 2.35. The van der Waals surface area contributed by atoms with E-state index >= 15 is 0 Å². The number of aromatic nitrogens is 2. The fourth-order valence-electron chi connectivity index (χ4n) is 3.98. The molecule has 4 aromatic carbocycles. The van der Waals surface area contributed by atoms with E-state index < -0.39 is 0 Å². The van der Waals surface area contributed by atoms with Gasteiger partial charge in [0.05, 0.1) is 16.6 Å². The summed E-state index contributed by atoms with van der Waals surface area (Å²) >= 11 is 1.44. The van der Waals surface area contributed by atoms with Gasteiger partial charge >= 0.3 is 0 Å². The highest BCUT2D eigenvalue weighted by Gasteiger charge is 2.26. The van der Waals surface area contributed by atoms with Crippen molar-refractivity contribution in [1.29, 1.82) is 0 Å². The maximum Gasteiger partial charge on any atom is 0.244 e. The molecule has 35 heavy (non-hydrogen) atoms. The van der Waals surface area contributed by atoms with Gasteiger partial charge in [0.15, 0.2) is 5.16 Å². The molecule has 1 aromatic heterocycles. The predicted octanol–water partition coefficient (Wildman–Crippen LogP) is 7.59. The first-order valence-electron chi connectivity index (χ1n) is 11.5. The Morgan fingerprint density at radius 2 is 1.17 bits per heavy atom. The lowest BCUT2D eigenvalue weighted by molar-refractivity contribution is -0.117. The summed E-state index contributed by atoms with van der Waals surface area (Å²) in [4.78, 5) is 23.9. The second kappa shape index (κ2) is 10.5. The van der Waals surface area contributed by atoms with Crippen LogP contribution in [-0.4, -0.2) is 21.1 Å². The maximum absolute atomic E-state index is 13.7. The number of nitrogens with one attached hydrogen (secondary N) is 1. The van der Waals surface area contributed by atoms with Gasteiger partial charge in [-0.2, -0.15) is 0 Å². The van der Waals surface area contributed by atoms with Crippen molar-refractivity contribution < 1.29 is 4.79 Å². The van der Waals surface area contributed by atoms with Gasteiger partial charge in [0, 0.05) is 22.5 Å². The van der Waals surface area contributed by atoms with Crippen LogP contribution in [0.5, 0.6) is 0 Å². The smallest absolute Gasteiger partial charge is 0.244 e. The van der Waals surface area contributed by atoms with Crippen LogP contribution in [0.25, 0.3) is 22.5 Å². The van der Waals surface area contributed by atoms with Crippen molar-refractivity contribution in [2.45, 2.75) is 17.3 Å². The number of anilines is 2. The van der Waals surface area contributed by atoms with Crippen LogP contribution < -0.4 is 4.90 Å². The van der Waals surface area contributed by atoms with Crippen LogP contribution in [0.15, 0.2) is 126 Å². The summed E-state index contributed by atoms with van der Waals surface area (Å²) < 4.78 is 0. The molecule has 0 aliphatic rings. The summed E-state index contributed by atoms with van der Waals surface area (Å²) in [5.74, 6) is -0.00803. The summed E-state index contributed by atoms with van der Waals surface area (Å²) in [6.45, 7) is 1.93. The lowest BCUT2D eigenvalue weighted by atomic mass is 10.1. The van der Waals surface area contributed by atoms with E-state index in [9.17, 15) is 4.79 Å². The number of thioether (sulfide) groups is 1. The van der Waals surface area contributed by atoms with Crippen molar-refractivity contribution in [1.82, 2.24) is 9.97 Å².